The molecule has 0 N–H and O–H groups in total. The second-order valence-corrected chi connectivity index (χ2v) is 12.2. The predicted octanol–water partition coefficient (Wildman–Crippen LogP) is 5.89. The summed E-state index contributed by atoms with van der Waals surface area (Å²) in [4.78, 5) is 2.08. The van der Waals surface area contributed by atoms with Crippen LogP contribution in [0.25, 0.3) is 0 Å². The van der Waals surface area contributed by atoms with Crippen LogP contribution >= 0.6 is 0 Å². The van der Waals surface area contributed by atoms with E-state index in [9.17, 15) is 4.39 Å². The zero-order valence-electron chi connectivity index (χ0n) is 23.5. The molecule has 3 aromatic carbocycles. The summed E-state index contributed by atoms with van der Waals surface area (Å²) in [5.74, 6) is -0.277. The number of anilines is 3. The van der Waals surface area contributed by atoms with Crippen molar-refractivity contribution < 1.29 is 23.0 Å². The number of benzene rings is 3. The number of nitrogens with zero attached hydrogens (tertiary/aromatic N) is 1. The fourth-order valence-corrected chi connectivity index (χ4v) is 4.56. The van der Waals surface area contributed by atoms with Crippen molar-refractivity contribution in [3.05, 3.63) is 78.6 Å². The zero-order valence-corrected chi connectivity index (χ0v) is 23.5. The van der Waals surface area contributed by atoms with Crippen LogP contribution in [0.15, 0.2) is 72.8 Å². The first kappa shape index (κ1) is 26.9. The minimum atomic E-state index is -0.437. The minimum absolute atomic E-state index is 0.277. The first-order valence-corrected chi connectivity index (χ1v) is 13.2. The van der Waals surface area contributed by atoms with Gasteiger partial charge in [-0.25, -0.2) is 4.39 Å². The summed E-state index contributed by atoms with van der Waals surface area (Å²) in [5.41, 5.74) is 2.97. The van der Waals surface area contributed by atoms with Crippen molar-refractivity contribution in [3.8, 4) is 0 Å². The second-order valence-electron chi connectivity index (χ2n) is 12.2. The number of rotatable bonds is 5. The van der Waals surface area contributed by atoms with Gasteiger partial charge >= 0.3 is 14.2 Å². The van der Waals surface area contributed by atoms with Gasteiger partial charge in [-0.2, -0.15) is 0 Å². The Bertz CT molecular complexity index is 1180. The maximum Gasteiger partial charge on any atom is 0.494 e. The van der Waals surface area contributed by atoms with Gasteiger partial charge in [0, 0.05) is 17.1 Å². The number of halogens is 1. The standard InChI is InChI=1S/C30H36B2FNO4/c1-27(2)28(3,4)36-31(35-27)21-9-15-24(16-10-21)34(26-19-13-23(33)14-20-26)25-17-11-22(12-18-25)32-37-29(5,6)30(7,8)38-32/h9-20H,1-8H3. The average Bonchev–Trinajstić information content (AvgIpc) is 3.21. The lowest BCUT2D eigenvalue weighted by Crippen LogP contribution is -2.41. The van der Waals surface area contributed by atoms with E-state index < -0.39 is 36.6 Å². The monoisotopic (exact) mass is 515 g/mol. The van der Waals surface area contributed by atoms with Crippen molar-refractivity contribution >= 4 is 42.2 Å². The second kappa shape index (κ2) is 9.23. The molecule has 2 heterocycles. The van der Waals surface area contributed by atoms with Gasteiger partial charge < -0.3 is 23.5 Å². The van der Waals surface area contributed by atoms with Crippen LogP contribution in [0.2, 0.25) is 0 Å². The van der Waals surface area contributed by atoms with Gasteiger partial charge in [0.15, 0.2) is 0 Å². The van der Waals surface area contributed by atoms with E-state index in [1.165, 1.54) is 12.1 Å². The van der Waals surface area contributed by atoms with Crippen molar-refractivity contribution in [2.45, 2.75) is 77.8 Å². The topological polar surface area (TPSA) is 40.2 Å². The molecule has 0 atom stereocenters. The fourth-order valence-electron chi connectivity index (χ4n) is 4.56. The van der Waals surface area contributed by atoms with Gasteiger partial charge in [-0.1, -0.05) is 24.3 Å². The molecule has 2 aliphatic heterocycles. The Kier molecular flexibility index (Phi) is 6.55. The summed E-state index contributed by atoms with van der Waals surface area (Å²) in [5, 5.41) is 0. The zero-order chi connectivity index (χ0) is 27.5. The first-order valence-electron chi connectivity index (χ1n) is 13.2. The number of hydrogen-bond acceptors (Lipinski definition) is 5. The van der Waals surface area contributed by atoms with Crippen LogP contribution in [-0.4, -0.2) is 36.6 Å². The van der Waals surface area contributed by atoms with Crippen molar-refractivity contribution in [1.29, 1.82) is 0 Å². The van der Waals surface area contributed by atoms with E-state index in [0.717, 1.165) is 28.0 Å². The van der Waals surface area contributed by atoms with E-state index in [4.69, 9.17) is 18.6 Å². The summed E-state index contributed by atoms with van der Waals surface area (Å²) in [6.45, 7) is 16.4. The van der Waals surface area contributed by atoms with Crippen LogP contribution in [0.3, 0.4) is 0 Å². The van der Waals surface area contributed by atoms with Crippen molar-refractivity contribution in [3.63, 3.8) is 0 Å². The third kappa shape index (κ3) is 4.79. The van der Waals surface area contributed by atoms with Gasteiger partial charge in [-0.15, -0.1) is 0 Å². The summed E-state index contributed by atoms with van der Waals surface area (Å²) >= 11 is 0. The predicted molar refractivity (Wildman–Crippen MR) is 153 cm³/mol. The first-order chi connectivity index (χ1) is 17.7. The van der Waals surface area contributed by atoms with Gasteiger partial charge in [-0.05, 0) is 115 Å². The van der Waals surface area contributed by atoms with E-state index in [1.54, 1.807) is 12.1 Å². The molecule has 5 rings (SSSR count). The van der Waals surface area contributed by atoms with Crippen LogP contribution in [-0.2, 0) is 18.6 Å². The average molecular weight is 515 g/mol. The molecule has 2 fully saturated rings. The molecule has 8 heteroatoms. The van der Waals surface area contributed by atoms with Gasteiger partial charge in [0.05, 0.1) is 22.4 Å². The molecule has 0 spiro atoms. The Morgan fingerprint density at radius 2 is 0.737 bits per heavy atom. The van der Waals surface area contributed by atoms with Gasteiger partial charge in [-0.3, -0.25) is 0 Å². The summed E-state index contributed by atoms with van der Waals surface area (Å²) < 4.78 is 38.7. The molecule has 0 unspecified atom stereocenters. The highest BCUT2D eigenvalue weighted by molar-refractivity contribution is 6.62. The molecule has 2 saturated heterocycles. The summed E-state index contributed by atoms with van der Waals surface area (Å²) in [7, 11) is -0.875. The van der Waals surface area contributed by atoms with Crippen LogP contribution < -0.4 is 15.8 Å². The number of hydrogen-bond donors (Lipinski definition) is 0. The Balaban J connectivity index is 1.44. The molecular formula is C30H36B2FNO4. The quantitative estimate of drug-likeness (QED) is 0.397. The third-order valence-electron chi connectivity index (χ3n) is 8.44. The van der Waals surface area contributed by atoms with Crippen LogP contribution in [0.5, 0.6) is 0 Å². The van der Waals surface area contributed by atoms with Crippen molar-refractivity contribution in [1.82, 2.24) is 0 Å². The van der Waals surface area contributed by atoms with Gasteiger partial charge in [0.1, 0.15) is 5.82 Å². The van der Waals surface area contributed by atoms with E-state index in [1.807, 2.05) is 104 Å². The molecule has 3 aromatic rings. The van der Waals surface area contributed by atoms with Crippen LogP contribution in [0.1, 0.15) is 55.4 Å². The molecule has 0 aliphatic carbocycles. The lowest BCUT2D eigenvalue weighted by Gasteiger charge is -2.32. The van der Waals surface area contributed by atoms with Gasteiger partial charge in [0.2, 0.25) is 0 Å². The van der Waals surface area contributed by atoms with Crippen molar-refractivity contribution in [2.75, 3.05) is 4.90 Å². The summed E-state index contributed by atoms with van der Waals surface area (Å²) in [6.07, 6.45) is 0. The minimum Gasteiger partial charge on any atom is -0.399 e. The highest BCUT2D eigenvalue weighted by atomic mass is 19.1. The van der Waals surface area contributed by atoms with E-state index in [2.05, 4.69) is 4.90 Å². The normalized spacial score (nSPS) is 21.1. The Morgan fingerprint density at radius 1 is 0.474 bits per heavy atom. The Labute approximate surface area is 226 Å². The smallest absolute Gasteiger partial charge is 0.399 e. The van der Waals surface area contributed by atoms with Gasteiger partial charge in [0.25, 0.3) is 0 Å². The third-order valence-corrected chi connectivity index (χ3v) is 8.44. The Morgan fingerprint density at radius 3 is 1.03 bits per heavy atom. The molecule has 5 nitrogen and oxygen atoms in total. The molecule has 2 aliphatic rings. The van der Waals surface area contributed by atoms with Crippen molar-refractivity contribution in [2.24, 2.45) is 0 Å². The lowest BCUT2D eigenvalue weighted by atomic mass is 9.79. The largest absolute Gasteiger partial charge is 0.494 e. The lowest BCUT2D eigenvalue weighted by molar-refractivity contribution is 0.00578. The Hall–Kier alpha value is -2.64. The molecule has 0 bridgehead atoms. The molecule has 0 amide bonds. The fraction of sp³-hybridized carbons (Fsp3) is 0.400. The van der Waals surface area contributed by atoms with Crippen LogP contribution in [0.4, 0.5) is 21.5 Å². The maximum absolute atomic E-state index is 13.8. The van der Waals surface area contributed by atoms with E-state index in [-0.39, 0.29) is 5.82 Å². The molecule has 198 valence electrons. The molecule has 0 radical (unpaired) electrons. The molecule has 38 heavy (non-hydrogen) atoms. The van der Waals surface area contributed by atoms with Crippen LogP contribution in [0, 0.1) is 5.82 Å². The SMILES string of the molecule is CC1(C)OB(c2ccc(N(c3ccc(F)cc3)c3ccc(B4OC(C)(C)C(C)(C)O4)cc3)cc2)OC1(C)C. The van der Waals surface area contributed by atoms with E-state index >= 15 is 0 Å². The highest BCUT2D eigenvalue weighted by Crippen LogP contribution is 2.39. The maximum atomic E-state index is 13.8. The molecule has 0 aromatic heterocycles. The summed E-state index contributed by atoms with van der Waals surface area (Å²) in [6, 6.07) is 22.7. The molecular weight excluding hydrogens is 479 g/mol. The highest BCUT2D eigenvalue weighted by Gasteiger charge is 2.52. The van der Waals surface area contributed by atoms with E-state index in [0.29, 0.717) is 0 Å². The molecule has 0 saturated carbocycles.